The molecule has 0 spiro atoms. The van der Waals surface area contributed by atoms with E-state index in [1.165, 1.54) is 5.56 Å². The van der Waals surface area contributed by atoms with Crippen LogP contribution in [0.3, 0.4) is 0 Å². The van der Waals surface area contributed by atoms with Crippen LogP contribution in [0.25, 0.3) is 0 Å². The Morgan fingerprint density at radius 3 is 1.56 bits per heavy atom. The van der Waals surface area contributed by atoms with Gasteiger partial charge in [0.2, 0.25) is 0 Å². The second kappa shape index (κ2) is 16.2. The van der Waals surface area contributed by atoms with Crippen LogP contribution in [0.15, 0.2) is 106 Å². The molecule has 0 unspecified atom stereocenters. The lowest BCUT2D eigenvalue weighted by Gasteiger charge is -2.15. The highest BCUT2D eigenvalue weighted by Gasteiger charge is 2.13. The number of nitrogen functional groups attached to an aromatic ring is 1. The molecule has 4 rings (SSSR count). The van der Waals surface area contributed by atoms with Crippen molar-refractivity contribution < 1.29 is 9.59 Å². The fraction of sp³-hybridized carbons (Fsp3) is 0.188. The number of anilines is 2. The van der Waals surface area contributed by atoms with Crippen LogP contribution in [0.5, 0.6) is 0 Å². The van der Waals surface area contributed by atoms with Gasteiger partial charge in [0.15, 0.2) is 0 Å². The number of rotatable bonds is 5. The Kier molecular flexibility index (Phi) is 13.4. The van der Waals surface area contributed by atoms with E-state index >= 15 is 0 Å². The molecule has 4 nitrogen and oxygen atoms in total. The fourth-order valence-electron chi connectivity index (χ4n) is 3.56. The van der Waals surface area contributed by atoms with E-state index in [2.05, 4.69) is 70.9 Å². The van der Waals surface area contributed by atoms with E-state index in [0.717, 1.165) is 25.9 Å². The van der Waals surface area contributed by atoms with Gasteiger partial charge in [-0.3, -0.25) is 9.59 Å². The monoisotopic (exact) mass is 670 g/mol. The molecule has 3 N–H and O–H groups in total. The average Bonchev–Trinajstić information content (AvgIpc) is 2.92. The molecule has 1 amide bonds. The number of nitrogens with two attached hydrogens (primary N) is 1. The third-order valence-electron chi connectivity index (χ3n) is 5.65. The summed E-state index contributed by atoms with van der Waals surface area (Å²) in [5, 5.41) is 2.58. The topological polar surface area (TPSA) is 72.2 Å². The van der Waals surface area contributed by atoms with Crippen molar-refractivity contribution in [1.29, 1.82) is 0 Å². The van der Waals surface area contributed by atoms with E-state index in [-0.39, 0.29) is 5.91 Å². The summed E-state index contributed by atoms with van der Waals surface area (Å²) in [4.78, 5) is 22.6. The summed E-state index contributed by atoms with van der Waals surface area (Å²) in [6.07, 6.45) is 0. The van der Waals surface area contributed by atoms with Gasteiger partial charge < -0.3 is 11.1 Å². The predicted octanol–water partition coefficient (Wildman–Crippen LogP) is 10.0. The SMILES string of the molecule is CC(C)c1cccc(Br)c1N.CC(C)c1cccc(Br)c1NC(=O)c1ccccc1.O=C(Cl)c1ccccc1. The lowest BCUT2D eigenvalue weighted by atomic mass is 10.0. The number of amides is 1. The fourth-order valence-corrected chi connectivity index (χ4v) is 4.54. The van der Waals surface area contributed by atoms with Crippen molar-refractivity contribution in [3.63, 3.8) is 0 Å². The van der Waals surface area contributed by atoms with Crippen molar-refractivity contribution in [3.05, 3.63) is 128 Å². The number of hydrogen-bond donors (Lipinski definition) is 2. The van der Waals surface area contributed by atoms with Gasteiger partial charge in [-0.05, 0) is 90.7 Å². The van der Waals surface area contributed by atoms with Gasteiger partial charge in [0.25, 0.3) is 11.1 Å². The number of carbonyl (C=O) groups is 2. The number of nitrogens with one attached hydrogen (secondary N) is 1. The number of benzene rings is 4. The van der Waals surface area contributed by atoms with Crippen molar-refractivity contribution in [3.8, 4) is 0 Å². The van der Waals surface area contributed by atoms with Gasteiger partial charge in [-0.2, -0.15) is 0 Å². The summed E-state index contributed by atoms with van der Waals surface area (Å²) in [6.45, 7) is 8.50. The van der Waals surface area contributed by atoms with Gasteiger partial charge >= 0.3 is 0 Å². The van der Waals surface area contributed by atoms with E-state index < -0.39 is 5.24 Å². The number of para-hydroxylation sites is 2. The van der Waals surface area contributed by atoms with E-state index in [9.17, 15) is 9.59 Å². The number of carbonyl (C=O) groups excluding carboxylic acids is 2. The molecular formula is C32H33Br2ClN2O2. The maximum Gasteiger partial charge on any atom is 0.255 e. The van der Waals surface area contributed by atoms with E-state index in [1.807, 2.05) is 54.6 Å². The first kappa shape index (κ1) is 32.3. The number of hydrogen-bond acceptors (Lipinski definition) is 3. The summed E-state index contributed by atoms with van der Waals surface area (Å²) in [7, 11) is 0. The molecule has 4 aromatic rings. The lowest BCUT2D eigenvalue weighted by Crippen LogP contribution is -2.14. The Morgan fingerprint density at radius 1 is 0.667 bits per heavy atom. The van der Waals surface area contributed by atoms with Gasteiger partial charge in [0, 0.05) is 25.8 Å². The van der Waals surface area contributed by atoms with E-state index in [4.69, 9.17) is 17.3 Å². The zero-order valence-corrected chi connectivity index (χ0v) is 26.3. The third kappa shape index (κ3) is 10.3. The highest BCUT2D eigenvalue weighted by Crippen LogP contribution is 2.32. The highest BCUT2D eigenvalue weighted by atomic mass is 79.9. The summed E-state index contributed by atoms with van der Waals surface area (Å²) in [5.41, 5.74) is 11.1. The molecule has 0 aliphatic rings. The molecule has 0 aliphatic carbocycles. The highest BCUT2D eigenvalue weighted by molar-refractivity contribution is 9.11. The van der Waals surface area contributed by atoms with Crippen molar-refractivity contribution in [2.45, 2.75) is 39.5 Å². The number of halogens is 3. The Balaban J connectivity index is 0.000000226. The summed E-state index contributed by atoms with van der Waals surface area (Å²) >= 11 is 12.1. The molecule has 0 heterocycles. The minimum atomic E-state index is -0.407. The standard InChI is InChI=1S/C16H16BrNO.C9H12BrN.C7H5ClO/c1-11(2)13-9-6-10-14(17)15(13)18-16(19)12-7-4-3-5-8-12;1-6(2)7-4-3-5-8(10)9(7)11;8-7(9)6-4-2-1-3-5-6/h3-11H,1-2H3,(H,18,19);3-6H,11H2,1-2H3;1-5H. The Labute approximate surface area is 253 Å². The van der Waals surface area contributed by atoms with Crippen molar-refractivity contribution >= 4 is 66.0 Å². The second-order valence-corrected chi connectivity index (χ2v) is 11.3. The van der Waals surface area contributed by atoms with Gasteiger partial charge in [-0.1, -0.05) is 100 Å². The smallest absolute Gasteiger partial charge is 0.255 e. The molecule has 0 bridgehead atoms. The molecular weight excluding hydrogens is 640 g/mol. The first-order valence-electron chi connectivity index (χ1n) is 12.5. The molecule has 0 fully saturated rings. The molecule has 0 saturated heterocycles. The van der Waals surface area contributed by atoms with Gasteiger partial charge in [0.05, 0.1) is 5.69 Å². The first-order chi connectivity index (χ1) is 18.5. The van der Waals surface area contributed by atoms with Crippen LogP contribution in [0.1, 0.15) is 71.4 Å². The minimum Gasteiger partial charge on any atom is -0.398 e. The molecule has 0 atom stereocenters. The van der Waals surface area contributed by atoms with E-state index in [0.29, 0.717) is 23.0 Å². The van der Waals surface area contributed by atoms with Crippen LogP contribution in [0.4, 0.5) is 11.4 Å². The van der Waals surface area contributed by atoms with Crippen molar-refractivity contribution in [1.82, 2.24) is 0 Å². The second-order valence-electron chi connectivity index (χ2n) is 9.22. The zero-order valence-electron chi connectivity index (χ0n) is 22.4. The van der Waals surface area contributed by atoms with Crippen LogP contribution < -0.4 is 11.1 Å². The summed E-state index contributed by atoms with van der Waals surface area (Å²) < 4.78 is 1.90. The molecule has 0 aliphatic heterocycles. The van der Waals surface area contributed by atoms with Crippen LogP contribution in [0, 0.1) is 0 Å². The van der Waals surface area contributed by atoms with Crippen LogP contribution >= 0.6 is 43.5 Å². The minimum absolute atomic E-state index is 0.0885. The predicted molar refractivity (Wildman–Crippen MR) is 172 cm³/mol. The Bertz CT molecular complexity index is 1360. The maximum absolute atomic E-state index is 12.2. The van der Waals surface area contributed by atoms with Crippen LogP contribution in [-0.2, 0) is 0 Å². The largest absolute Gasteiger partial charge is 0.398 e. The third-order valence-corrected chi connectivity index (χ3v) is 7.22. The molecule has 204 valence electrons. The normalized spacial score (nSPS) is 10.2. The lowest BCUT2D eigenvalue weighted by molar-refractivity contribution is 0.102. The van der Waals surface area contributed by atoms with Crippen molar-refractivity contribution in [2.75, 3.05) is 11.1 Å². The van der Waals surface area contributed by atoms with Crippen LogP contribution in [0.2, 0.25) is 0 Å². The molecule has 0 saturated carbocycles. The molecule has 7 heteroatoms. The summed E-state index contributed by atoms with van der Waals surface area (Å²) in [6, 6.07) is 30.0. The Morgan fingerprint density at radius 2 is 1.13 bits per heavy atom. The molecule has 0 radical (unpaired) electrons. The van der Waals surface area contributed by atoms with Gasteiger partial charge in [-0.25, -0.2) is 0 Å². The van der Waals surface area contributed by atoms with Gasteiger partial charge in [0.1, 0.15) is 0 Å². The van der Waals surface area contributed by atoms with Crippen LogP contribution in [-0.4, -0.2) is 11.1 Å². The molecule has 0 aromatic heterocycles. The zero-order chi connectivity index (χ0) is 28.9. The Hall–Kier alpha value is -2.93. The summed E-state index contributed by atoms with van der Waals surface area (Å²) in [5.74, 6) is 0.755. The van der Waals surface area contributed by atoms with Gasteiger partial charge in [-0.15, -0.1) is 0 Å². The van der Waals surface area contributed by atoms with E-state index in [1.54, 1.807) is 36.4 Å². The molecule has 39 heavy (non-hydrogen) atoms. The maximum atomic E-state index is 12.2. The molecule has 4 aromatic carbocycles. The average molecular weight is 673 g/mol. The first-order valence-corrected chi connectivity index (χ1v) is 14.4. The quantitative estimate of drug-likeness (QED) is 0.164. The van der Waals surface area contributed by atoms with Crippen molar-refractivity contribution in [2.24, 2.45) is 0 Å².